The SMILES string of the molecule is CC(C(=O)N(C)C(C)c1ccc(Cl)cc1Cl)=C1CNC1. The molecular weight excluding hydrogens is 295 g/mol. The molecule has 1 fully saturated rings. The van der Waals surface area contributed by atoms with E-state index in [0.29, 0.717) is 10.0 Å². The van der Waals surface area contributed by atoms with Crippen LogP contribution in [0.25, 0.3) is 0 Å². The molecule has 0 aromatic heterocycles. The molecule has 1 heterocycles. The first-order valence-corrected chi connectivity index (χ1v) is 7.29. The number of rotatable bonds is 3. The molecule has 2 rings (SSSR count). The van der Waals surface area contributed by atoms with E-state index in [1.165, 1.54) is 5.57 Å². The van der Waals surface area contributed by atoms with E-state index < -0.39 is 0 Å². The largest absolute Gasteiger partial charge is 0.335 e. The average Bonchev–Trinajstić information content (AvgIpc) is 2.34. The van der Waals surface area contributed by atoms with E-state index in [1.807, 2.05) is 19.9 Å². The second-order valence-corrected chi connectivity index (χ2v) is 5.93. The van der Waals surface area contributed by atoms with Crippen LogP contribution in [0.15, 0.2) is 29.3 Å². The number of hydrogen-bond donors (Lipinski definition) is 1. The van der Waals surface area contributed by atoms with Gasteiger partial charge < -0.3 is 10.2 Å². The average molecular weight is 313 g/mol. The molecule has 5 heteroatoms. The number of amides is 1. The van der Waals surface area contributed by atoms with Crippen molar-refractivity contribution in [1.82, 2.24) is 10.2 Å². The van der Waals surface area contributed by atoms with Crippen molar-refractivity contribution in [3.63, 3.8) is 0 Å². The molecule has 0 aliphatic carbocycles. The number of likely N-dealkylation sites (N-methyl/N-ethyl adjacent to an activating group) is 1. The Hall–Kier alpha value is -1.03. The number of hydrogen-bond acceptors (Lipinski definition) is 2. The highest BCUT2D eigenvalue weighted by Gasteiger charge is 2.23. The molecule has 1 N–H and O–H groups in total. The zero-order valence-corrected chi connectivity index (χ0v) is 13.3. The molecular formula is C15H18Cl2N2O. The first kappa shape index (κ1) is 15.4. The third-order valence-corrected chi connectivity index (χ3v) is 4.40. The topological polar surface area (TPSA) is 32.3 Å². The van der Waals surface area contributed by atoms with E-state index in [1.54, 1.807) is 24.1 Å². The minimum Gasteiger partial charge on any atom is -0.335 e. The number of carbonyl (C=O) groups excluding carboxylic acids is 1. The van der Waals surface area contributed by atoms with Gasteiger partial charge in [-0.3, -0.25) is 4.79 Å². The second-order valence-electron chi connectivity index (χ2n) is 5.09. The van der Waals surface area contributed by atoms with Crippen molar-refractivity contribution in [2.75, 3.05) is 20.1 Å². The molecule has 1 unspecified atom stereocenters. The predicted molar refractivity (Wildman–Crippen MR) is 83.2 cm³/mol. The van der Waals surface area contributed by atoms with Gasteiger partial charge in [-0.1, -0.05) is 29.3 Å². The van der Waals surface area contributed by atoms with Crippen LogP contribution in [-0.4, -0.2) is 30.9 Å². The van der Waals surface area contributed by atoms with Gasteiger partial charge in [-0.2, -0.15) is 0 Å². The molecule has 1 aliphatic heterocycles. The first-order valence-electron chi connectivity index (χ1n) is 6.53. The van der Waals surface area contributed by atoms with Crippen LogP contribution in [0, 0.1) is 0 Å². The maximum absolute atomic E-state index is 12.4. The summed E-state index contributed by atoms with van der Waals surface area (Å²) >= 11 is 12.1. The van der Waals surface area contributed by atoms with Gasteiger partial charge in [0.1, 0.15) is 0 Å². The van der Waals surface area contributed by atoms with Gasteiger partial charge in [-0.15, -0.1) is 0 Å². The van der Waals surface area contributed by atoms with E-state index in [0.717, 1.165) is 24.2 Å². The van der Waals surface area contributed by atoms with E-state index in [2.05, 4.69) is 5.32 Å². The molecule has 3 nitrogen and oxygen atoms in total. The van der Waals surface area contributed by atoms with Crippen molar-refractivity contribution in [3.8, 4) is 0 Å². The van der Waals surface area contributed by atoms with Crippen molar-refractivity contribution in [2.45, 2.75) is 19.9 Å². The normalized spacial score (nSPS) is 15.6. The summed E-state index contributed by atoms with van der Waals surface area (Å²) in [6.07, 6.45) is 0. The number of nitrogens with zero attached hydrogens (tertiary/aromatic N) is 1. The minimum atomic E-state index is -0.101. The van der Waals surface area contributed by atoms with Gasteiger partial charge in [0.05, 0.1) is 6.04 Å². The Balaban J connectivity index is 2.19. The summed E-state index contributed by atoms with van der Waals surface area (Å²) in [7, 11) is 1.80. The van der Waals surface area contributed by atoms with Crippen LogP contribution in [-0.2, 0) is 4.79 Å². The summed E-state index contributed by atoms with van der Waals surface area (Å²) in [5.41, 5.74) is 2.90. The number of benzene rings is 1. The Labute approximate surface area is 129 Å². The molecule has 1 atom stereocenters. The second kappa shape index (κ2) is 6.17. The van der Waals surface area contributed by atoms with Gasteiger partial charge in [0, 0.05) is 35.8 Å². The standard InChI is InChI=1S/C15H18Cl2N2O/c1-9(11-7-18-8-11)15(20)19(3)10(2)13-5-4-12(16)6-14(13)17/h4-6,10,18H,7-8H2,1-3H3. The molecule has 0 radical (unpaired) electrons. The lowest BCUT2D eigenvalue weighted by atomic mass is 10.0. The fraction of sp³-hybridized carbons (Fsp3) is 0.400. The quantitative estimate of drug-likeness (QED) is 0.867. The third-order valence-electron chi connectivity index (χ3n) is 3.84. The zero-order chi connectivity index (χ0) is 14.9. The van der Waals surface area contributed by atoms with Gasteiger partial charge in [0.25, 0.3) is 0 Å². The fourth-order valence-electron chi connectivity index (χ4n) is 2.16. The van der Waals surface area contributed by atoms with Gasteiger partial charge in [0.15, 0.2) is 0 Å². The number of carbonyl (C=O) groups is 1. The lowest BCUT2D eigenvalue weighted by Crippen LogP contribution is -2.38. The third kappa shape index (κ3) is 3.00. The van der Waals surface area contributed by atoms with Gasteiger partial charge >= 0.3 is 0 Å². The van der Waals surface area contributed by atoms with Crippen LogP contribution in [0.2, 0.25) is 10.0 Å². The van der Waals surface area contributed by atoms with Crippen LogP contribution in [0.4, 0.5) is 0 Å². The van der Waals surface area contributed by atoms with Crippen LogP contribution in [0.3, 0.4) is 0 Å². The van der Waals surface area contributed by atoms with E-state index >= 15 is 0 Å². The molecule has 0 saturated carbocycles. The minimum absolute atomic E-state index is 0.0417. The number of nitrogens with one attached hydrogen (secondary N) is 1. The Kier molecular flexibility index (Phi) is 4.74. The molecule has 20 heavy (non-hydrogen) atoms. The van der Waals surface area contributed by atoms with Crippen LogP contribution in [0.1, 0.15) is 25.5 Å². The predicted octanol–water partition coefficient (Wildman–Crippen LogP) is 3.43. The molecule has 1 aliphatic rings. The summed E-state index contributed by atoms with van der Waals surface area (Å²) in [6.45, 7) is 5.46. The fourth-order valence-corrected chi connectivity index (χ4v) is 2.72. The highest BCUT2D eigenvalue weighted by atomic mass is 35.5. The lowest BCUT2D eigenvalue weighted by molar-refractivity contribution is -0.127. The van der Waals surface area contributed by atoms with Crippen LogP contribution in [0.5, 0.6) is 0 Å². The van der Waals surface area contributed by atoms with Crippen molar-refractivity contribution in [2.24, 2.45) is 0 Å². The molecule has 1 amide bonds. The Morgan fingerprint density at radius 2 is 2.00 bits per heavy atom. The molecule has 0 spiro atoms. The van der Waals surface area contributed by atoms with Crippen molar-refractivity contribution in [1.29, 1.82) is 0 Å². The first-order chi connectivity index (χ1) is 9.41. The highest BCUT2D eigenvalue weighted by Crippen LogP contribution is 2.30. The molecule has 108 valence electrons. The smallest absolute Gasteiger partial charge is 0.249 e. The maximum Gasteiger partial charge on any atom is 0.249 e. The van der Waals surface area contributed by atoms with Crippen molar-refractivity contribution in [3.05, 3.63) is 45.0 Å². The van der Waals surface area contributed by atoms with Crippen molar-refractivity contribution < 1.29 is 4.79 Å². The summed E-state index contributed by atoms with van der Waals surface area (Å²) in [5, 5.41) is 4.33. The highest BCUT2D eigenvalue weighted by molar-refractivity contribution is 6.35. The van der Waals surface area contributed by atoms with Gasteiger partial charge in [0.2, 0.25) is 5.91 Å². The van der Waals surface area contributed by atoms with E-state index in [-0.39, 0.29) is 11.9 Å². The van der Waals surface area contributed by atoms with Crippen molar-refractivity contribution >= 4 is 29.1 Å². The summed E-state index contributed by atoms with van der Waals surface area (Å²) in [5.74, 6) is 0.0417. The Bertz CT molecular complexity index is 563. The summed E-state index contributed by atoms with van der Waals surface area (Å²) in [4.78, 5) is 14.2. The Morgan fingerprint density at radius 1 is 1.35 bits per heavy atom. The zero-order valence-electron chi connectivity index (χ0n) is 11.8. The van der Waals surface area contributed by atoms with Crippen LogP contribution < -0.4 is 5.32 Å². The Morgan fingerprint density at radius 3 is 2.50 bits per heavy atom. The summed E-state index contributed by atoms with van der Waals surface area (Å²) < 4.78 is 0. The molecule has 1 saturated heterocycles. The maximum atomic E-state index is 12.4. The molecule has 1 aromatic carbocycles. The molecule has 0 bridgehead atoms. The summed E-state index contributed by atoms with van der Waals surface area (Å²) in [6, 6.07) is 5.26. The molecule has 1 aromatic rings. The monoisotopic (exact) mass is 312 g/mol. The van der Waals surface area contributed by atoms with Gasteiger partial charge in [-0.05, 0) is 37.1 Å². The van der Waals surface area contributed by atoms with E-state index in [9.17, 15) is 4.79 Å². The van der Waals surface area contributed by atoms with Crippen LogP contribution >= 0.6 is 23.2 Å². The lowest BCUT2D eigenvalue weighted by Gasteiger charge is -2.29. The van der Waals surface area contributed by atoms with Gasteiger partial charge in [-0.25, -0.2) is 0 Å². The van der Waals surface area contributed by atoms with E-state index in [4.69, 9.17) is 23.2 Å². The number of halogens is 2.